The van der Waals surface area contributed by atoms with Gasteiger partial charge in [-0.1, -0.05) is 101 Å². The minimum absolute atomic E-state index is 0.420. The summed E-state index contributed by atoms with van der Waals surface area (Å²) >= 11 is 0. The van der Waals surface area contributed by atoms with Crippen molar-refractivity contribution in [1.82, 2.24) is 0 Å². The largest absolute Gasteiger partial charge is 0.0654 e. The van der Waals surface area contributed by atoms with Crippen molar-refractivity contribution in [2.45, 2.75) is 64.2 Å². The van der Waals surface area contributed by atoms with Crippen LogP contribution in [0.25, 0.3) is 11.1 Å². The molecular weight excluding hydrogens is 276 g/mol. The molecule has 23 heavy (non-hydrogen) atoms. The third kappa shape index (κ3) is 3.37. The lowest BCUT2D eigenvalue weighted by Crippen LogP contribution is -2.36. The average molecular weight is 306 g/mol. The van der Waals surface area contributed by atoms with Crippen LogP contribution < -0.4 is 0 Å². The average Bonchev–Trinajstić information content (AvgIpc) is 2.63. The first-order chi connectivity index (χ1) is 11.3. The molecule has 1 unspecified atom stereocenters. The van der Waals surface area contributed by atoms with Gasteiger partial charge in [0.15, 0.2) is 0 Å². The molecule has 0 heteroatoms. The molecule has 1 fully saturated rings. The molecule has 2 aromatic carbocycles. The van der Waals surface area contributed by atoms with Gasteiger partial charge in [0, 0.05) is 0 Å². The lowest BCUT2D eigenvalue weighted by Gasteiger charge is -2.43. The van der Waals surface area contributed by atoms with E-state index in [9.17, 15) is 0 Å². The Morgan fingerprint density at radius 2 is 1.43 bits per heavy atom. The Balaban J connectivity index is 1.91. The Bertz CT molecular complexity index is 588. The molecule has 122 valence electrons. The smallest absolute Gasteiger partial charge is 0.00214 e. The summed E-state index contributed by atoms with van der Waals surface area (Å²) in [6, 6.07) is 20.2. The Kier molecular flexibility index (Phi) is 5.20. The van der Waals surface area contributed by atoms with E-state index in [0.717, 1.165) is 5.92 Å². The molecule has 1 aliphatic carbocycles. The van der Waals surface area contributed by atoms with Gasteiger partial charge in [-0.05, 0) is 40.9 Å². The van der Waals surface area contributed by atoms with Crippen molar-refractivity contribution in [3.05, 3.63) is 60.2 Å². The first-order valence-electron chi connectivity index (χ1n) is 9.42. The van der Waals surface area contributed by atoms with Gasteiger partial charge in [0.1, 0.15) is 0 Å². The summed E-state index contributed by atoms with van der Waals surface area (Å²) in [5.74, 6) is 0.787. The molecule has 0 aromatic heterocycles. The maximum atomic E-state index is 2.49. The van der Waals surface area contributed by atoms with Gasteiger partial charge in [-0.3, -0.25) is 0 Å². The second-order valence-corrected chi connectivity index (χ2v) is 7.35. The highest BCUT2D eigenvalue weighted by Crippen LogP contribution is 2.46. The number of hydrogen-bond acceptors (Lipinski definition) is 0. The molecule has 0 N–H and O–H groups in total. The van der Waals surface area contributed by atoms with Crippen LogP contribution in [0, 0.1) is 5.92 Å². The van der Waals surface area contributed by atoms with Crippen LogP contribution in [0.4, 0.5) is 0 Å². The van der Waals surface area contributed by atoms with E-state index in [4.69, 9.17) is 0 Å². The summed E-state index contributed by atoms with van der Waals surface area (Å²) in [7, 11) is 0. The molecule has 0 aliphatic heterocycles. The SMILES string of the molecule is CCCC(C)C1(c2ccc(-c3ccccc3)cc2)CCCCC1. The molecule has 0 saturated heterocycles. The zero-order chi connectivity index (χ0) is 16.1. The lowest BCUT2D eigenvalue weighted by atomic mass is 9.61. The highest BCUT2D eigenvalue weighted by Gasteiger charge is 2.38. The zero-order valence-electron chi connectivity index (χ0n) is 14.7. The van der Waals surface area contributed by atoms with Gasteiger partial charge in [0.25, 0.3) is 0 Å². The summed E-state index contributed by atoms with van der Waals surface area (Å²) in [6.45, 7) is 4.81. The maximum Gasteiger partial charge on any atom is -0.00214 e. The fraction of sp³-hybridized carbons (Fsp3) is 0.478. The topological polar surface area (TPSA) is 0 Å². The number of hydrogen-bond donors (Lipinski definition) is 0. The molecule has 0 radical (unpaired) electrons. The minimum atomic E-state index is 0.420. The van der Waals surface area contributed by atoms with E-state index in [1.54, 1.807) is 5.56 Å². The molecular formula is C23H30. The summed E-state index contributed by atoms with van der Waals surface area (Å²) in [5.41, 5.74) is 4.66. The van der Waals surface area contributed by atoms with Crippen LogP contribution in [0.15, 0.2) is 54.6 Å². The normalized spacial score (nSPS) is 18.5. The van der Waals surface area contributed by atoms with Gasteiger partial charge in [-0.2, -0.15) is 0 Å². The van der Waals surface area contributed by atoms with Crippen molar-refractivity contribution >= 4 is 0 Å². The predicted molar refractivity (Wildman–Crippen MR) is 101 cm³/mol. The molecule has 0 heterocycles. The highest BCUT2D eigenvalue weighted by atomic mass is 14.4. The maximum absolute atomic E-state index is 2.49. The van der Waals surface area contributed by atoms with Crippen molar-refractivity contribution in [3.63, 3.8) is 0 Å². The van der Waals surface area contributed by atoms with Gasteiger partial charge in [-0.15, -0.1) is 0 Å². The summed E-state index contributed by atoms with van der Waals surface area (Å²) < 4.78 is 0. The predicted octanol–water partition coefficient (Wildman–Crippen LogP) is 6.99. The van der Waals surface area contributed by atoms with E-state index in [1.165, 1.54) is 56.1 Å². The molecule has 0 spiro atoms. The summed E-state index contributed by atoms with van der Waals surface area (Å²) in [5, 5.41) is 0. The van der Waals surface area contributed by atoms with Gasteiger partial charge < -0.3 is 0 Å². The van der Waals surface area contributed by atoms with Crippen molar-refractivity contribution in [1.29, 1.82) is 0 Å². The molecule has 2 aromatic rings. The summed E-state index contributed by atoms with van der Waals surface area (Å²) in [4.78, 5) is 0. The van der Waals surface area contributed by atoms with Crippen molar-refractivity contribution in [2.75, 3.05) is 0 Å². The second-order valence-electron chi connectivity index (χ2n) is 7.35. The van der Waals surface area contributed by atoms with Crippen LogP contribution in [0.2, 0.25) is 0 Å². The van der Waals surface area contributed by atoms with Crippen molar-refractivity contribution in [3.8, 4) is 11.1 Å². The fourth-order valence-electron chi connectivity index (χ4n) is 4.58. The van der Waals surface area contributed by atoms with Crippen molar-refractivity contribution in [2.24, 2.45) is 5.92 Å². The first-order valence-corrected chi connectivity index (χ1v) is 9.42. The Morgan fingerprint density at radius 3 is 2.04 bits per heavy atom. The quantitative estimate of drug-likeness (QED) is 0.558. The standard InChI is InChI=1S/C23H30/c1-3-10-19(2)23(17-8-5-9-18-23)22-15-13-21(14-16-22)20-11-6-4-7-12-20/h4,6-7,11-16,19H,3,5,8-10,17-18H2,1-2H3. The fourth-order valence-corrected chi connectivity index (χ4v) is 4.58. The summed E-state index contributed by atoms with van der Waals surface area (Å²) in [6.07, 6.45) is 9.61. The van der Waals surface area contributed by atoms with E-state index in [1.807, 2.05) is 0 Å². The Morgan fingerprint density at radius 1 is 0.826 bits per heavy atom. The van der Waals surface area contributed by atoms with Crippen LogP contribution in [0.1, 0.15) is 64.4 Å². The Hall–Kier alpha value is -1.56. The third-order valence-electron chi connectivity index (χ3n) is 5.98. The molecule has 0 amide bonds. The molecule has 3 rings (SSSR count). The number of benzene rings is 2. The molecule has 1 saturated carbocycles. The van der Waals surface area contributed by atoms with Gasteiger partial charge in [0.05, 0.1) is 0 Å². The van der Waals surface area contributed by atoms with Crippen LogP contribution in [0.3, 0.4) is 0 Å². The van der Waals surface area contributed by atoms with E-state index >= 15 is 0 Å². The zero-order valence-corrected chi connectivity index (χ0v) is 14.7. The third-order valence-corrected chi connectivity index (χ3v) is 5.98. The van der Waals surface area contributed by atoms with E-state index in [2.05, 4.69) is 68.4 Å². The van der Waals surface area contributed by atoms with Crippen LogP contribution >= 0.6 is 0 Å². The van der Waals surface area contributed by atoms with E-state index < -0.39 is 0 Å². The monoisotopic (exact) mass is 306 g/mol. The van der Waals surface area contributed by atoms with Crippen LogP contribution in [0.5, 0.6) is 0 Å². The van der Waals surface area contributed by atoms with Crippen LogP contribution in [-0.2, 0) is 5.41 Å². The lowest BCUT2D eigenvalue weighted by molar-refractivity contribution is 0.192. The molecule has 0 bridgehead atoms. The molecule has 0 nitrogen and oxygen atoms in total. The van der Waals surface area contributed by atoms with Gasteiger partial charge in [-0.25, -0.2) is 0 Å². The number of rotatable bonds is 5. The molecule has 1 aliphatic rings. The van der Waals surface area contributed by atoms with E-state index in [0.29, 0.717) is 5.41 Å². The van der Waals surface area contributed by atoms with Gasteiger partial charge >= 0.3 is 0 Å². The second kappa shape index (κ2) is 7.34. The van der Waals surface area contributed by atoms with Crippen molar-refractivity contribution < 1.29 is 0 Å². The highest BCUT2D eigenvalue weighted by molar-refractivity contribution is 5.63. The van der Waals surface area contributed by atoms with Crippen LogP contribution in [-0.4, -0.2) is 0 Å². The molecule has 1 atom stereocenters. The Labute approximate surface area is 141 Å². The first kappa shape index (κ1) is 16.3. The van der Waals surface area contributed by atoms with E-state index in [-0.39, 0.29) is 0 Å². The minimum Gasteiger partial charge on any atom is -0.0654 e. The van der Waals surface area contributed by atoms with Gasteiger partial charge in [0.2, 0.25) is 0 Å².